The van der Waals surface area contributed by atoms with E-state index in [4.69, 9.17) is 11.6 Å². The second-order valence-electron chi connectivity index (χ2n) is 5.35. The topological polar surface area (TPSA) is 126 Å². The fraction of sp³-hybridized carbons (Fsp3) is 0. The number of hydrogen-bond acceptors (Lipinski definition) is 7. The normalized spacial score (nSPS) is 11.5. The van der Waals surface area contributed by atoms with E-state index >= 15 is 0 Å². The second-order valence-corrected chi connectivity index (χ2v) is 5.79. The van der Waals surface area contributed by atoms with E-state index in [-0.39, 0.29) is 10.6 Å². The zero-order valence-electron chi connectivity index (χ0n) is 14.2. The van der Waals surface area contributed by atoms with Crippen LogP contribution in [0.4, 0.5) is 11.5 Å². The smallest absolute Gasteiger partial charge is 0.312 e. The minimum atomic E-state index is -0.728. The summed E-state index contributed by atoms with van der Waals surface area (Å²) in [6, 6.07) is 12.9. The van der Waals surface area contributed by atoms with Crippen LogP contribution in [0, 0.1) is 10.1 Å². The third kappa shape index (κ3) is 4.65. The molecule has 0 fully saturated rings. The Hall–Kier alpha value is -3.85. The molecule has 0 radical (unpaired) electrons. The Balaban J connectivity index is 1.91. The van der Waals surface area contributed by atoms with E-state index in [9.17, 15) is 15.2 Å². The molecule has 2 N–H and O–H groups in total. The molecule has 0 amide bonds. The molecule has 0 saturated carbocycles. The Morgan fingerprint density at radius 3 is 2.57 bits per heavy atom. The number of nitro groups is 1. The number of nitro benzene ring substituents is 1. The van der Waals surface area contributed by atoms with Crippen molar-refractivity contribution in [3.05, 3.63) is 87.3 Å². The van der Waals surface area contributed by atoms with Gasteiger partial charge in [-0.3, -0.25) is 20.5 Å². The molecule has 0 unspecified atom stereocenters. The van der Waals surface area contributed by atoms with E-state index in [2.05, 4.69) is 25.5 Å². The number of amidine groups is 1. The molecule has 2 aromatic heterocycles. The van der Waals surface area contributed by atoms with Gasteiger partial charge in [0.25, 0.3) is 0 Å². The molecule has 0 aliphatic carbocycles. The van der Waals surface area contributed by atoms with Crippen molar-refractivity contribution in [2.75, 3.05) is 0 Å². The molecule has 2 heterocycles. The van der Waals surface area contributed by atoms with Gasteiger partial charge in [0.15, 0.2) is 11.7 Å². The van der Waals surface area contributed by atoms with E-state index in [0.717, 1.165) is 6.07 Å². The Morgan fingerprint density at radius 2 is 1.93 bits per heavy atom. The van der Waals surface area contributed by atoms with Crippen molar-refractivity contribution >= 4 is 35.2 Å². The summed E-state index contributed by atoms with van der Waals surface area (Å²) in [7, 11) is 0. The molecular weight excluding hydrogens is 384 g/mol. The number of phenols is 1. The summed E-state index contributed by atoms with van der Waals surface area (Å²) in [5.74, 6) is 0.194. The SMILES string of the molecule is O=[N+]([O-])c1cc(Cl)cc(/C=N/N/C(=N/c2ccccn2)c2ccccn2)c1O. The highest BCUT2D eigenvalue weighted by atomic mass is 35.5. The Kier molecular flexibility index (Phi) is 5.87. The zero-order valence-corrected chi connectivity index (χ0v) is 15.0. The van der Waals surface area contributed by atoms with Crippen LogP contribution < -0.4 is 5.43 Å². The highest BCUT2D eigenvalue weighted by Crippen LogP contribution is 2.32. The fourth-order valence-electron chi connectivity index (χ4n) is 2.18. The summed E-state index contributed by atoms with van der Waals surface area (Å²) in [5, 5.41) is 25.1. The summed E-state index contributed by atoms with van der Waals surface area (Å²) in [6.45, 7) is 0. The van der Waals surface area contributed by atoms with E-state index in [1.54, 1.807) is 48.8 Å². The van der Waals surface area contributed by atoms with Gasteiger partial charge in [-0.1, -0.05) is 23.7 Å². The first kappa shape index (κ1) is 18.9. The molecule has 0 bridgehead atoms. The van der Waals surface area contributed by atoms with Crippen LogP contribution in [0.2, 0.25) is 5.02 Å². The lowest BCUT2D eigenvalue weighted by Crippen LogP contribution is -2.20. The van der Waals surface area contributed by atoms with Crippen LogP contribution in [0.3, 0.4) is 0 Å². The molecule has 0 aliphatic rings. The molecule has 0 aliphatic heterocycles. The first-order chi connectivity index (χ1) is 13.5. The minimum absolute atomic E-state index is 0.0740. The van der Waals surface area contributed by atoms with Gasteiger partial charge in [-0.05, 0) is 30.3 Å². The average Bonchev–Trinajstić information content (AvgIpc) is 2.70. The monoisotopic (exact) mass is 396 g/mol. The number of benzene rings is 1. The van der Waals surface area contributed by atoms with Gasteiger partial charge in [0, 0.05) is 29.0 Å². The van der Waals surface area contributed by atoms with Gasteiger partial charge in [-0.2, -0.15) is 5.10 Å². The lowest BCUT2D eigenvalue weighted by molar-refractivity contribution is -0.385. The number of halogens is 1. The van der Waals surface area contributed by atoms with Gasteiger partial charge < -0.3 is 5.11 Å². The third-order valence-electron chi connectivity index (χ3n) is 3.44. The van der Waals surface area contributed by atoms with E-state index in [1.807, 2.05) is 0 Å². The Labute approximate surface area is 164 Å². The summed E-state index contributed by atoms with van der Waals surface area (Å²) >= 11 is 5.87. The van der Waals surface area contributed by atoms with Crippen molar-refractivity contribution in [3.8, 4) is 5.75 Å². The number of hydrazone groups is 1. The van der Waals surface area contributed by atoms with Crippen molar-refractivity contribution in [1.29, 1.82) is 0 Å². The molecule has 3 rings (SSSR count). The molecule has 140 valence electrons. The maximum absolute atomic E-state index is 11.0. The van der Waals surface area contributed by atoms with E-state index < -0.39 is 16.4 Å². The maximum atomic E-state index is 11.0. The van der Waals surface area contributed by atoms with E-state index in [0.29, 0.717) is 17.3 Å². The van der Waals surface area contributed by atoms with Gasteiger partial charge >= 0.3 is 5.69 Å². The summed E-state index contributed by atoms with van der Waals surface area (Å²) in [6.07, 6.45) is 4.40. The number of aliphatic imine (C=N–C) groups is 1. The van der Waals surface area contributed by atoms with Crippen LogP contribution in [-0.2, 0) is 0 Å². The van der Waals surface area contributed by atoms with Gasteiger partial charge in [0.1, 0.15) is 5.69 Å². The van der Waals surface area contributed by atoms with Crippen molar-refractivity contribution in [2.45, 2.75) is 0 Å². The molecule has 10 heteroatoms. The molecule has 0 spiro atoms. The predicted molar refractivity (Wildman–Crippen MR) is 105 cm³/mol. The number of aromatic hydroxyl groups is 1. The number of hydrogen-bond donors (Lipinski definition) is 2. The minimum Gasteiger partial charge on any atom is -0.502 e. The summed E-state index contributed by atoms with van der Waals surface area (Å²) < 4.78 is 0. The van der Waals surface area contributed by atoms with Crippen molar-refractivity contribution < 1.29 is 10.0 Å². The quantitative estimate of drug-likeness (QED) is 0.294. The molecule has 3 aromatic rings. The largest absolute Gasteiger partial charge is 0.502 e. The van der Waals surface area contributed by atoms with Crippen LogP contribution in [0.1, 0.15) is 11.3 Å². The molecule has 9 nitrogen and oxygen atoms in total. The highest BCUT2D eigenvalue weighted by molar-refractivity contribution is 6.31. The number of pyridine rings is 2. The number of rotatable bonds is 5. The molecule has 0 saturated heterocycles. The fourth-order valence-corrected chi connectivity index (χ4v) is 2.40. The van der Waals surface area contributed by atoms with Crippen LogP contribution in [0.25, 0.3) is 0 Å². The Bertz CT molecular complexity index is 1040. The van der Waals surface area contributed by atoms with Crippen molar-refractivity contribution in [1.82, 2.24) is 15.4 Å². The van der Waals surface area contributed by atoms with Gasteiger partial charge in [-0.15, -0.1) is 0 Å². The van der Waals surface area contributed by atoms with Crippen molar-refractivity contribution in [3.63, 3.8) is 0 Å². The van der Waals surface area contributed by atoms with Crippen molar-refractivity contribution in [2.24, 2.45) is 10.1 Å². The molecule has 0 atom stereocenters. The number of aromatic nitrogens is 2. The first-order valence-electron chi connectivity index (χ1n) is 7.91. The average molecular weight is 397 g/mol. The van der Waals surface area contributed by atoms with E-state index in [1.165, 1.54) is 12.3 Å². The van der Waals surface area contributed by atoms with Crippen LogP contribution >= 0.6 is 11.6 Å². The predicted octanol–water partition coefficient (Wildman–Crippen LogP) is 3.45. The first-order valence-corrected chi connectivity index (χ1v) is 8.29. The lowest BCUT2D eigenvalue weighted by Gasteiger charge is -2.05. The van der Waals surface area contributed by atoms with Crippen LogP contribution in [0.5, 0.6) is 5.75 Å². The maximum Gasteiger partial charge on any atom is 0.312 e. The van der Waals surface area contributed by atoms with Gasteiger partial charge in [-0.25, -0.2) is 9.98 Å². The second kappa shape index (κ2) is 8.69. The highest BCUT2D eigenvalue weighted by Gasteiger charge is 2.17. The van der Waals surface area contributed by atoms with Gasteiger partial charge in [0.2, 0.25) is 5.75 Å². The summed E-state index contributed by atoms with van der Waals surface area (Å²) in [4.78, 5) is 23.0. The van der Waals surface area contributed by atoms with Gasteiger partial charge in [0.05, 0.1) is 11.1 Å². The number of phenolic OH excluding ortho intramolecular Hbond substituents is 1. The zero-order chi connectivity index (χ0) is 19.9. The van der Waals surface area contributed by atoms with Crippen LogP contribution in [-0.4, -0.2) is 32.0 Å². The molecule has 1 aromatic carbocycles. The summed E-state index contributed by atoms with van der Waals surface area (Å²) in [5.41, 5.74) is 2.79. The lowest BCUT2D eigenvalue weighted by atomic mass is 10.2. The molecular formula is C18H13ClN6O3. The third-order valence-corrected chi connectivity index (χ3v) is 3.66. The van der Waals surface area contributed by atoms with Crippen LogP contribution in [0.15, 0.2) is 71.0 Å². The Morgan fingerprint density at radius 1 is 1.18 bits per heavy atom. The number of nitrogens with zero attached hydrogens (tertiary/aromatic N) is 5. The number of nitrogens with one attached hydrogen (secondary N) is 1. The standard InChI is InChI=1S/C18H13ClN6O3/c19-13-9-12(17(26)15(10-13)25(27)28)11-22-24-18(14-5-1-3-7-20-14)23-16-6-2-4-8-21-16/h1-11,26H,(H,21,23,24)/b22-11+. The molecule has 28 heavy (non-hydrogen) atoms.